The van der Waals surface area contributed by atoms with Gasteiger partial charge in [-0.05, 0) is 24.6 Å². The molecule has 0 radical (unpaired) electrons. The van der Waals surface area contributed by atoms with Crippen LogP contribution in [0, 0.1) is 0 Å². The minimum Gasteiger partial charge on any atom is -0.350 e. The molecule has 1 unspecified atom stereocenters. The molecule has 25 heavy (non-hydrogen) atoms. The second kappa shape index (κ2) is 7.17. The molecule has 0 aliphatic heterocycles. The number of aromatic amines is 1. The van der Waals surface area contributed by atoms with Crippen molar-refractivity contribution in [2.45, 2.75) is 25.9 Å². The Morgan fingerprint density at radius 2 is 1.76 bits per heavy atom. The number of fused-ring (bicyclic) bond motifs is 1. The van der Waals surface area contributed by atoms with Gasteiger partial charge >= 0.3 is 5.69 Å². The first kappa shape index (κ1) is 16.7. The van der Waals surface area contributed by atoms with Gasteiger partial charge in [-0.1, -0.05) is 42.5 Å². The topological polar surface area (TPSA) is 84.0 Å². The third-order valence-electron chi connectivity index (χ3n) is 4.14. The Morgan fingerprint density at radius 3 is 2.52 bits per heavy atom. The van der Waals surface area contributed by atoms with Crippen LogP contribution in [0.5, 0.6) is 0 Å². The van der Waals surface area contributed by atoms with E-state index in [1.807, 2.05) is 37.3 Å². The Bertz CT molecular complexity index is 1010. The van der Waals surface area contributed by atoms with Gasteiger partial charge in [0.05, 0.1) is 16.9 Å². The molecule has 0 spiro atoms. The van der Waals surface area contributed by atoms with Gasteiger partial charge in [-0.25, -0.2) is 4.79 Å². The van der Waals surface area contributed by atoms with Gasteiger partial charge in [0.25, 0.3) is 5.56 Å². The molecule has 0 aliphatic rings. The van der Waals surface area contributed by atoms with Crippen molar-refractivity contribution in [2.24, 2.45) is 0 Å². The second-order valence-electron chi connectivity index (χ2n) is 5.88. The van der Waals surface area contributed by atoms with E-state index in [1.165, 1.54) is 4.57 Å². The molecule has 0 aliphatic carbocycles. The van der Waals surface area contributed by atoms with Crippen LogP contribution in [0.25, 0.3) is 10.9 Å². The van der Waals surface area contributed by atoms with E-state index in [9.17, 15) is 14.4 Å². The molecule has 0 fully saturated rings. The van der Waals surface area contributed by atoms with E-state index in [0.29, 0.717) is 10.9 Å². The SMILES string of the molecule is CC(NC(=O)CCn1c(=O)[nH]c(=O)c2ccccc21)c1ccccc1. The first-order chi connectivity index (χ1) is 12.1. The smallest absolute Gasteiger partial charge is 0.328 e. The van der Waals surface area contributed by atoms with E-state index in [1.54, 1.807) is 24.3 Å². The lowest BCUT2D eigenvalue weighted by atomic mass is 10.1. The summed E-state index contributed by atoms with van der Waals surface area (Å²) in [6, 6.07) is 16.4. The summed E-state index contributed by atoms with van der Waals surface area (Å²) >= 11 is 0. The summed E-state index contributed by atoms with van der Waals surface area (Å²) in [6.45, 7) is 2.11. The van der Waals surface area contributed by atoms with Crippen LogP contribution in [-0.2, 0) is 11.3 Å². The quantitative estimate of drug-likeness (QED) is 0.746. The summed E-state index contributed by atoms with van der Waals surface area (Å²) in [4.78, 5) is 38.4. The Kier molecular flexibility index (Phi) is 4.79. The molecule has 1 amide bonds. The molecule has 1 atom stereocenters. The van der Waals surface area contributed by atoms with Crippen molar-refractivity contribution in [3.8, 4) is 0 Å². The summed E-state index contributed by atoms with van der Waals surface area (Å²) < 4.78 is 1.42. The fourth-order valence-corrected chi connectivity index (χ4v) is 2.82. The van der Waals surface area contributed by atoms with Gasteiger partial charge in [0, 0.05) is 13.0 Å². The molecule has 6 nitrogen and oxygen atoms in total. The van der Waals surface area contributed by atoms with Crippen LogP contribution >= 0.6 is 0 Å². The fourth-order valence-electron chi connectivity index (χ4n) is 2.82. The van der Waals surface area contributed by atoms with Crippen molar-refractivity contribution in [1.82, 2.24) is 14.9 Å². The molecule has 0 saturated carbocycles. The highest BCUT2D eigenvalue weighted by Crippen LogP contribution is 2.11. The van der Waals surface area contributed by atoms with E-state index < -0.39 is 11.2 Å². The third-order valence-corrected chi connectivity index (χ3v) is 4.14. The average molecular weight is 337 g/mol. The molecule has 0 saturated heterocycles. The van der Waals surface area contributed by atoms with Crippen LogP contribution in [-0.4, -0.2) is 15.5 Å². The second-order valence-corrected chi connectivity index (χ2v) is 5.88. The largest absolute Gasteiger partial charge is 0.350 e. The number of hydrogen-bond donors (Lipinski definition) is 2. The number of rotatable bonds is 5. The number of nitrogens with zero attached hydrogens (tertiary/aromatic N) is 1. The Labute approximate surface area is 144 Å². The molecule has 1 aromatic heterocycles. The van der Waals surface area contributed by atoms with Crippen LogP contribution in [0.3, 0.4) is 0 Å². The zero-order chi connectivity index (χ0) is 17.8. The van der Waals surface area contributed by atoms with Crippen LogP contribution < -0.4 is 16.6 Å². The summed E-state index contributed by atoms with van der Waals surface area (Å²) in [5, 5.41) is 3.35. The lowest BCUT2D eigenvalue weighted by molar-refractivity contribution is -0.121. The highest BCUT2D eigenvalue weighted by molar-refractivity contribution is 5.79. The first-order valence-corrected chi connectivity index (χ1v) is 8.12. The molecular formula is C19H19N3O3. The molecule has 2 aromatic carbocycles. The Morgan fingerprint density at radius 1 is 1.08 bits per heavy atom. The third kappa shape index (κ3) is 3.68. The van der Waals surface area contributed by atoms with Crippen molar-refractivity contribution in [2.75, 3.05) is 0 Å². The predicted molar refractivity (Wildman–Crippen MR) is 96.4 cm³/mol. The van der Waals surface area contributed by atoms with Gasteiger partial charge in [0.2, 0.25) is 5.91 Å². The summed E-state index contributed by atoms with van der Waals surface area (Å²) in [5.74, 6) is -0.154. The number of aromatic nitrogens is 2. The number of H-pyrrole nitrogens is 1. The van der Waals surface area contributed by atoms with Crippen molar-refractivity contribution in [1.29, 1.82) is 0 Å². The van der Waals surface area contributed by atoms with Crippen molar-refractivity contribution < 1.29 is 4.79 Å². The highest BCUT2D eigenvalue weighted by atomic mass is 16.2. The molecule has 6 heteroatoms. The zero-order valence-corrected chi connectivity index (χ0v) is 13.9. The summed E-state index contributed by atoms with van der Waals surface area (Å²) in [6.07, 6.45) is 0.146. The van der Waals surface area contributed by atoms with Crippen LogP contribution in [0.2, 0.25) is 0 Å². The monoisotopic (exact) mass is 337 g/mol. The number of benzene rings is 2. The zero-order valence-electron chi connectivity index (χ0n) is 13.9. The number of para-hydroxylation sites is 1. The molecule has 0 bridgehead atoms. The van der Waals surface area contributed by atoms with E-state index in [4.69, 9.17) is 0 Å². The lowest BCUT2D eigenvalue weighted by Gasteiger charge is -2.15. The standard InChI is InChI=1S/C19H19N3O3/c1-13(14-7-3-2-4-8-14)20-17(23)11-12-22-16-10-6-5-9-15(16)18(24)21-19(22)25/h2-10,13H,11-12H2,1H3,(H,20,23)(H,21,24,25). The normalized spacial score (nSPS) is 12.0. The van der Waals surface area contributed by atoms with Crippen molar-refractivity contribution in [3.05, 3.63) is 81.0 Å². The van der Waals surface area contributed by atoms with Gasteiger partial charge in [-0.15, -0.1) is 0 Å². The summed E-state index contributed by atoms with van der Waals surface area (Å²) in [5.41, 5.74) is 0.620. The fraction of sp³-hybridized carbons (Fsp3) is 0.211. The van der Waals surface area contributed by atoms with Crippen LogP contribution in [0.4, 0.5) is 0 Å². The molecule has 3 aromatic rings. The van der Waals surface area contributed by atoms with E-state index in [0.717, 1.165) is 5.56 Å². The van der Waals surface area contributed by atoms with Gasteiger partial charge in [-0.2, -0.15) is 0 Å². The average Bonchev–Trinajstić information content (AvgIpc) is 2.62. The number of nitrogens with one attached hydrogen (secondary N) is 2. The van der Waals surface area contributed by atoms with E-state index in [-0.39, 0.29) is 24.9 Å². The maximum Gasteiger partial charge on any atom is 0.328 e. The van der Waals surface area contributed by atoms with Crippen LogP contribution in [0.15, 0.2) is 64.2 Å². The van der Waals surface area contributed by atoms with Crippen molar-refractivity contribution >= 4 is 16.8 Å². The Hall–Kier alpha value is -3.15. The number of hydrogen-bond acceptors (Lipinski definition) is 3. The molecule has 1 heterocycles. The van der Waals surface area contributed by atoms with Gasteiger partial charge in [-0.3, -0.25) is 19.1 Å². The molecule has 3 rings (SSSR count). The predicted octanol–water partition coefficient (Wildman–Crippen LogP) is 1.96. The van der Waals surface area contributed by atoms with E-state index in [2.05, 4.69) is 10.3 Å². The maximum atomic E-state index is 12.2. The molecule has 128 valence electrons. The lowest BCUT2D eigenvalue weighted by Crippen LogP contribution is -2.33. The minimum absolute atomic E-state index is 0.113. The van der Waals surface area contributed by atoms with Gasteiger partial charge < -0.3 is 5.32 Å². The summed E-state index contributed by atoms with van der Waals surface area (Å²) in [7, 11) is 0. The van der Waals surface area contributed by atoms with Crippen molar-refractivity contribution in [3.63, 3.8) is 0 Å². The van der Waals surface area contributed by atoms with E-state index >= 15 is 0 Å². The number of aryl methyl sites for hydroxylation is 1. The highest BCUT2D eigenvalue weighted by Gasteiger charge is 2.11. The Balaban J connectivity index is 1.74. The number of amides is 1. The molecule has 2 N–H and O–H groups in total. The van der Waals surface area contributed by atoms with Gasteiger partial charge in [0.1, 0.15) is 0 Å². The number of carbonyl (C=O) groups is 1. The maximum absolute atomic E-state index is 12.2. The minimum atomic E-state index is -0.507. The van der Waals surface area contributed by atoms with Gasteiger partial charge in [0.15, 0.2) is 0 Å². The molecular weight excluding hydrogens is 318 g/mol. The number of carbonyl (C=O) groups excluding carboxylic acids is 1. The van der Waals surface area contributed by atoms with Crippen LogP contribution in [0.1, 0.15) is 24.9 Å². The first-order valence-electron chi connectivity index (χ1n) is 8.12.